The Bertz CT molecular complexity index is 4290. The quantitative estimate of drug-likeness (QED) is 0.0144. The first kappa shape index (κ1) is 97.5. The van der Waals surface area contributed by atoms with Gasteiger partial charge in [-0.2, -0.15) is 4.39 Å². The molecule has 0 unspecified atom stereocenters. The molecule has 0 bridgehead atoms. The second-order valence-corrected chi connectivity index (χ2v) is 30.7. The summed E-state index contributed by atoms with van der Waals surface area (Å²) in [5.41, 5.74) is 18.4. The number of nitrogens with zero attached hydrogens (tertiary/aromatic N) is 6. The van der Waals surface area contributed by atoms with Crippen molar-refractivity contribution in [2.45, 2.75) is 193 Å². The van der Waals surface area contributed by atoms with Gasteiger partial charge in [0.25, 0.3) is 11.4 Å². The topological polar surface area (TPSA) is 419 Å². The van der Waals surface area contributed by atoms with Gasteiger partial charge in [0.2, 0.25) is 11.8 Å². The van der Waals surface area contributed by atoms with Crippen LogP contribution in [0.4, 0.5) is 81.3 Å². The minimum Gasteiger partial charge on any atom is -0.793 e. The number of amides is 3. The molecule has 6 aromatic rings. The van der Waals surface area contributed by atoms with Crippen LogP contribution >= 0.6 is 0 Å². The van der Waals surface area contributed by atoms with E-state index in [2.05, 4.69) is 86.9 Å². The summed E-state index contributed by atoms with van der Waals surface area (Å²) >= 11 is 0. The van der Waals surface area contributed by atoms with Gasteiger partial charge >= 0.3 is 65.5 Å². The predicted octanol–water partition coefficient (Wildman–Crippen LogP) is 12.8. The number of halogens is 1. The average Bonchev–Trinajstić information content (AvgIpc) is 1.23. The first-order valence-electron chi connectivity index (χ1n) is 35.1. The summed E-state index contributed by atoms with van der Waals surface area (Å²) in [4.78, 5) is 131. The van der Waals surface area contributed by atoms with Gasteiger partial charge in [0.15, 0.2) is 0 Å². The average molecular weight is 1570 g/mol. The number of nitrogens with two attached hydrogens (primary N) is 2. The van der Waals surface area contributed by atoms with Crippen molar-refractivity contribution in [3.05, 3.63) is 179 Å². The monoisotopic (exact) mass is 1570 g/mol. The molecule has 34 heteroatoms. The molecular formula is C78H103BFN11NaO20. The summed E-state index contributed by atoms with van der Waals surface area (Å²) in [5, 5.41) is 42.9. The van der Waals surface area contributed by atoms with E-state index in [4.69, 9.17) is 25.7 Å². The Morgan fingerprint density at radius 2 is 0.857 bits per heavy atom. The third kappa shape index (κ3) is 33.5. The number of fused-ring (bicyclic) bond motifs is 3. The van der Waals surface area contributed by atoms with Gasteiger partial charge in [0.1, 0.15) is 40.8 Å². The van der Waals surface area contributed by atoms with Crippen molar-refractivity contribution >= 4 is 119 Å². The number of carbonyl (C=O) groups excluding carboxylic acids is 8. The molecule has 3 amide bonds. The number of ether oxygens (including phenoxy) is 3. The van der Waals surface area contributed by atoms with E-state index in [1.165, 1.54) is 31.2 Å². The number of benzene rings is 6. The van der Waals surface area contributed by atoms with E-state index in [1.807, 2.05) is 118 Å². The van der Waals surface area contributed by atoms with Crippen molar-refractivity contribution in [1.29, 1.82) is 0 Å². The van der Waals surface area contributed by atoms with Crippen LogP contribution in [0.2, 0.25) is 0 Å². The van der Waals surface area contributed by atoms with Crippen LogP contribution in [0.1, 0.15) is 181 Å². The Balaban J connectivity index is 0.000000486. The molecule has 2 atom stereocenters. The molecule has 601 valence electrons. The Morgan fingerprint density at radius 1 is 0.518 bits per heavy atom. The Labute approximate surface area is 675 Å². The maximum absolute atomic E-state index is 12.6. The van der Waals surface area contributed by atoms with Crippen molar-refractivity contribution in [3.8, 4) is 0 Å². The zero-order chi connectivity index (χ0) is 84.4. The first-order chi connectivity index (χ1) is 51.3. The summed E-state index contributed by atoms with van der Waals surface area (Å²) in [6.07, 6.45) is 2.17. The molecule has 0 aliphatic carbocycles. The molecule has 3 aliphatic rings. The fourth-order valence-corrected chi connectivity index (χ4v) is 9.40. The molecule has 7 N–H and O–H groups in total. The van der Waals surface area contributed by atoms with Gasteiger partial charge in [-0.3, -0.25) is 59.4 Å². The molecule has 0 aromatic heterocycles. The molecular weight excluding hydrogens is 1460 g/mol. The molecule has 0 saturated heterocycles. The molecule has 0 saturated carbocycles. The number of hydrogen-bond donors (Lipinski definition) is 5. The van der Waals surface area contributed by atoms with E-state index >= 15 is 0 Å². The molecule has 3 radical (unpaired) electrons. The Morgan fingerprint density at radius 3 is 1.19 bits per heavy atom. The maximum Gasteiger partial charge on any atom is 1.00 e. The second kappa shape index (κ2) is 43.3. The third-order valence-corrected chi connectivity index (χ3v) is 16.0. The standard InChI is InChI=1S/C26H36N4O4.C20H21N3O5.C13H18N2O2.C7H4FNO3.C6H15N.C4H6O4.C2H3BO2.Na/c1-17(25(2,3)4)27-16-18-8-11-21(23(14-18)30(32)33)28-20-10-9-19-12-13-29(22(19)15-20)24(31)34-26(5,6)7;1-20(2,3)28-19(25)22-9-8-14-5-6-15(11-17(14)22)21-16-7-4-13(12-24)10-18(16)23(26)27;1-13(2,3)17-12(16)15-7-6-9-4-5-10(14)8-11(9)15;8-6-2-1-5(4-10)3-7(6)9(11)12;1-5(7)6(2,3)4;1-3(5)7-8-4(2)6;1-2(4)5-3;/h8-11,14-15,17,27-28H,12-13,16H2,1-7H3;4-7,10-12,21H,8-9H2,1-3H3;4-5,8H,6-7,14H2,1-3H3;1-4H;5H,7H2,1-4H3;1-2H3;1H3;/q;;;;;;-1;+1/t17-;;;;5-;;;/m0...0.../s1. The molecule has 112 heavy (non-hydrogen) atoms. The van der Waals surface area contributed by atoms with Crippen LogP contribution in [0.3, 0.4) is 0 Å². The summed E-state index contributed by atoms with van der Waals surface area (Å²) in [6, 6.07) is 29.7. The number of nitro groups is 3. The Kier molecular flexibility index (Phi) is 37.7. The molecule has 6 aromatic carbocycles. The molecule has 0 fully saturated rings. The fraction of sp³-hybridized carbons (Fsp3) is 0.436. The number of nitrogens with one attached hydrogen (secondary N) is 3. The number of aldehydes is 2. The van der Waals surface area contributed by atoms with Gasteiger partial charge in [0.05, 0.1) is 31.8 Å². The number of anilines is 8. The van der Waals surface area contributed by atoms with Crippen molar-refractivity contribution in [2.75, 3.05) is 50.7 Å². The van der Waals surface area contributed by atoms with E-state index in [0.717, 1.165) is 72.5 Å². The normalized spacial score (nSPS) is 12.8. The van der Waals surface area contributed by atoms with Crippen LogP contribution in [-0.4, -0.2) is 120 Å². The number of hydrogen-bond acceptors (Lipinski definition) is 25. The first-order valence-corrected chi connectivity index (χ1v) is 35.1. The van der Waals surface area contributed by atoms with Crippen LogP contribution in [0.5, 0.6) is 0 Å². The van der Waals surface area contributed by atoms with Crippen LogP contribution in [0.15, 0.2) is 109 Å². The van der Waals surface area contributed by atoms with Crippen molar-refractivity contribution in [1.82, 2.24) is 5.32 Å². The molecule has 3 aliphatic heterocycles. The van der Waals surface area contributed by atoms with E-state index < -0.39 is 68.2 Å². The number of nitrogen functional groups attached to an aromatic ring is 1. The minimum atomic E-state index is -0.939. The van der Waals surface area contributed by atoms with E-state index in [1.54, 1.807) is 39.0 Å². The van der Waals surface area contributed by atoms with Crippen molar-refractivity contribution in [3.63, 3.8) is 0 Å². The van der Waals surface area contributed by atoms with Crippen molar-refractivity contribution in [2.24, 2.45) is 16.6 Å². The number of nitro benzene ring substituents is 3. The Hall–Kier alpha value is -10.6. The fourth-order valence-electron chi connectivity index (χ4n) is 9.40. The van der Waals surface area contributed by atoms with Crippen LogP contribution in [-0.2, 0) is 68.8 Å². The van der Waals surface area contributed by atoms with Gasteiger partial charge < -0.3 is 54.3 Å². The summed E-state index contributed by atoms with van der Waals surface area (Å²) in [6.45, 7) is 39.3. The van der Waals surface area contributed by atoms with Crippen LogP contribution < -0.4 is 71.7 Å². The molecule has 31 nitrogen and oxygen atoms in total. The third-order valence-electron chi connectivity index (χ3n) is 16.0. The summed E-state index contributed by atoms with van der Waals surface area (Å²) in [7, 11) is 4.32. The van der Waals surface area contributed by atoms with Crippen molar-refractivity contribution < 1.29 is 116 Å². The predicted molar refractivity (Wildman–Crippen MR) is 422 cm³/mol. The minimum absolute atomic E-state index is 0. The van der Waals surface area contributed by atoms with Gasteiger partial charge in [-0.1, -0.05) is 65.8 Å². The summed E-state index contributed by atoms with van der Waals surface area (Å²) in [5.74, 6) is -2.68. The van der Waals surface area contributed by atoms with Crippen LogP contribution in [0.25, 0.3) is 0 Å². The van der Waals surface area contributed by atoms with E-state index in [0.29, 0.717) is 79.7 Å². The van der Waals surface area contributed by atoms with Gasteiger partial charge in [-0.25, -0.2) is 33.7 Å². The molecule has 3 heterocycles. The molecule has 9 rings (SSSR count). The SMILES string of the molecule is CC(=O)OOC(C)=O.CC(C)(C)OC(=O)N1CCc2ccc(N)cc21.CC(C)(C)OC(=O)N1CCc2ccc(Nc3ccc(C=O)cc3[N+](=O)[O-])cc21.C[C@H](N)C(C)(C)C.C[C@H](NCc1ccc(Nc2ccc3c(c2)N(C(=O)OC(C)(C)C)CC3)c([N+](=O)[O-])c1)C(C)(C)C.O=Cc1ccc(F)c([N+](=O)[O-])c1.[B-]OC(C)=O.[Na+]. The smallest absolute Gasteiger partial charge is 0.793 e. The van der Waals surface area contributed by atoms with Gasteiger partial charge in [-0.15, -0.1) is 0 Å². The zero-order valence-corrected chi connectivity index (χ0v) is 69.6. The number of rotatable bonds is 12. The van der Waals surface area contributed by atoms with Gasteiger partial charge in [-0.05, 0) is 195 Å². The maximum atomic E-state index is 12.6. The zero-order valence-electron chi connectivity index (χ0n) is 67.6. The van der Waals surface area contributed by atoms with E-state index in [9.17, 15) is 73.1 Å². The van der Waals surface area contributed by atoms with Gasteiger partial charge in [0, 0.05) is 105 Å². The summed E-state index contributed by atoms with van der Waals surface area (Å²) < 4.78 is 32.6. The molecule has 0 spiro atoms. The largest absolute Gasteiger partial charge is 1.00 e. The number of carbonyl (C=O) groups is 8. The van der Waals surface area contributed by atoms with E-state index in [-0.39, 0.29) is 85.6 Å². The second-order valence-electron chi connectivity index (χ2n) is 30.7. The van der Waals surface area contributed by atoms with Crippen LogP contribution in [0, 0.1) is 47.0 Å².